The van der Waals surface area contributed by atoms with Gasteiger partial charge in [0.15, 0.2) is 11.5 Å². The van der Waals surface area contributed by atoms with Crippen LogP contribution in [0.25, 0.3) is 0 Å². The first-order valence-corrected chi connectivity index (χ1v) is 4.66. The lowest BCUT2D eigenvalue weighted by molar-refractivity contribution is 0.373. The van der Waals surface area contributed by atoms with E-state index in [1.54, 1.807) is 12.1 Å². The molecule has 2 rings (SSSR count). The van der Waals surface area contributed by atoms with E-state index in [1.807, 2.05) is 0 Å². The number of rotatable bonds is 3. The number of phenolic OH excluding ortho intramolecular Hbond substituents is 1. The number of aromatic hydroxyl groups is 1. The number of nitrogens with zero attached hydrogens (tertiary/aromatic N) is 5. The highest BCUT2D eigenvalue weighted by Gasteiger charge is 2.01. The SMILES string of the molecule is COc1cc(/C=N/n2nnnc2N)ccc1O. The van der Waals surface area contributed by atoms with Gasteiger partial charge in [-0.15, -0.1) is 0 Å². The predicted octanol–water partition coefficient (Wildman–Crippen LogP) is -0.148. The number of nitrogen functional groups attached to an aromatic ring is 1. The fourth-order valence-corrected chi connectivity index (χ4v) is 1.17. The summed E-state index contributed by atoms with van der Waals surface area (Å²) in [4.78, 5) is 1.08. The zero-order chi connectivity index (χ0) is 12.3. The minimum Gasteiger partial charge on any atom is -0.504 e. The second-order valence-corrected chi connectivity index (χ2v) is 3.10. The molecule has 0 aliphatic heterocycles. The van der Waals surface area contributed by atoms with Crippen LogP contribution in [0.15, 0.2) is 23.3 Å². The van der Waals surface area contributed by atoms with Crippen molar-refractivity contribution in [2.45, 2.75) is 0 Å². The molecule has 0 unspecified atom stereocenters. The fraction of sp³-hybridized carbons (Fsp3) is 0.111. The van der Waals surface area contributed by atoms with Crippen molar-refractivity contribution in [2.75, 3.05) is 12.8 Å². The number of benzene rings is 1. The Morgan fingerprint density at radius 2 is 2.35 bits per heavy atom. The molecule has 17 heavy (non-hydrogen) atoms. The Hall–Kier alpha value is -2.64. The molecule has 0 saturated heterocycles. The Labute approximate surface area is 96.3 Å². The van der Waals surface area contributed by atoms with E-state index in [-0.39, 0.29) is 11.7 Å². The van der Waals surface area contributed by atoms with Gasteiger partial charge in [0.25, 0.3) is 5.95 Å². The van der Waals surface area contributed by atoms with Gasteiger partial charge in [0, 0.05) is 0 Å². The van der Waals surface area contributed by atoms with E-state index in [0.29, 0.717) is 5.75 Å². The number of methoxy groups -OCH3 is 1. The van der Waals surface area contributed by atoms with Gasteiger partial charge < -0.3 is 15.6 Å². The topological polar surface area (TPSA) is 111 Å². The molecule has 88 valence electrons. The molecular weight excluding hydrogens is 224 g/mol. The second-order valence-electron chi connectivity index (χ2n) is 3.10. The third kappa shape index (κ3) is 2.30. The molecule has 1 heterocycles. The molecule has 0 aliphatic carbocycles. The molecule has 1 aromatic carbocycles. The fourth-order valence-electron chi connectivity index (χ4n) is 1.17. The maximum atomic E-state index is 9.40. The van der Waals surface area contributed by atoms with Crippen LogP contribution >= 0.6 is 0 Å². The Morgan fingerprint density at radius 1 is 1.53 bits per heavy atom. The Morgan fingerprint density at radius 3 is 3.00 bits per heavy atom. The van der Waals surface area contributed by atoms with Crippen LogP contribution in [0.5, 0.6) is 11.5 Å². The zero-order valence-corrected chi connectivity index (χ0v) is 8.98. The van der Waals surface area contributed by atoms with E-state index in [2.05, 4.69) is 20.6 Å². The van der Waals surface area contributed by atoms with Gasteiger partial charge in [0.05, 0.1) is 13.3 Å². The van der Waals surface area contributed by atoms with E-state index in [1.165, 1.54) is 19.4 Å². The minimum atomic E-state index is 0.0617. The van der Waals surface area contributed by atoms with Crippen molar-refractivity contribution in [3.8, 4) is 11.5 Å². The van der Waals surface area contributed by atoms with E-state index >= 15 is 0 Å². The number of tetrazole rings is 1. The summed E-state index contributed by atoms with van der Waals surface area (Å²) >= 11 is 0. The van der Waals surface area contributed by atoms with Gasteiger partial charge in [-0.25, -0.2) is 0 Å². The molecule has 0 spiro atoms. The predicted molar refractivity (Wildman–Crippen MR) is 59.9 cm³/mol. The van der Waals surface area contributed by atoms with Gasteiger partial charge >= 0.3 is 0 Å². The highest BCUT2D eigenvalue weighted by molar-refractivity contribution is 5.80. The van der Waals surface area contributed by atoms with Crippen LogP contribution in [0, 0.1) is 0 Å². The van der Waals surface area contributed by atoms with Crippen molar-refractivity contribution in [1.82, 2.24) is 20.3 Å². The van der Waals surface area contributed by atoms with E-state index in [4.69, 9.17) is 10.5 Å². The van der Waals surface area contributed by atoms with Crippen LogP contribution in [-0.4, -0.2) is 38.7 Å². The summed E-state index contributed by atoms with van der Waals surface area (Å²) in [5.74, 6) is 0.511. The maximum absolute atomic E-state index is 9.40. The highest BCUT2D eigenvalue weighted by atomic mass is 16.5. The molecule has 3 N–H and O–H groups in total. The maximum Gasteiger partial charge on any atom is 0.263 e. The van der Waals surface area contributed by atoms with Gasteiger partial charge in [-0.1, -0.05) is 9.89 Å². The van der Waals surface area contributed by atoms with Crippen molar-refractivity contribution < 1.29 is 9.84 Å². The van der Waals surface area contributed by atoms with Gasteiger partial charge in [-0.3, -0.25) is 0 Å². The molecule has 8 heteroatoms. The normalized spacial score (nSPS) is 10.9. The monoisotopic (exact) mass is 234 g/mol. The first-order chi connectivity index (χ1) is 8.20. The Balaban J connectivity index is 2.24. The molecule has 0 radical (unpaired) electrons. The molecular formula is C9H10N6O2. The summed E-state index contributed by atoms with van der Waals surface area (Å²) in [5.41, 5.74) is 6.15. The molecule has 0 fully saturated rings. The highest BCUT2D eigenvalue weighted by Crippen LogP contribution is 2.25. The average molecular weight is 234 g/mol. The number of anilines is 1. The summed E-state index contributed by atoms with van der Waals surface area (Å²) in [6.45, 7) is 0. The standard InChI is InChI=1S/C9H10N6O2/c1-17-8-4-6(2-3-7(8)16)5-11-15-9(10)12-13-14-15/h2-5,16H,1H3,(H2,10,12,14)/b11-5+. The number of hydrogen-bond acceptors (Lipinski definition) is 7. The van der Waals surface area contributed by atoms with Gasteiger partial charge in [-0.2, -0.15) is 5.10 Å². The number of phenols is 1. The number of nitrogens with two attached hydrogens (primary N) is 1. The summed E-state index contributed by atoms with van der Waals surface area (Å²) in [6, 6.07) is 4.80. The van der Waals surface area contributed by atoms with Crippen LogP contribution in [0.4, 0.5) is 5.95 Å². The number of aromatic nitrogens is 4. The van der Waals surface area contributed by atoms with Gasteiger partial charge in [0.2, 0.25) is 0 Å². The summed E-state index contributed by atoms with van der Waals surface area (Å²) in [7, 11) is 1.47. The molecule has 0 atom stereocenters. The van der Waals surface area contributed by atoms with Crippen LogP contribution < -0.4 is 10.5 Å². The lowest BCUT2D eigenvalue weighted by atomic mass is 10.2. The van der Waals surface area contributed by atoms with Crippen molar-refractivity contribution in [3.05, 3.63) is 23.8 Å². The molecule has 1 aromatic heterocycles. The summed E-state index contributed by atoms with van der Waals surface area (Å²) in [5, 5.41) is 23.7. The van der Waals surface area contributed by atoms with E-state index in [9.17, 15) is 5.11 Å². The minimum absolute atomic E-state index is 0.0617. The number of ether oxygens (including phenoxy) is 1. The molecule has 0 bridgehead atoms. The smallest absolute Gasteiger partial charge is 0.263 e. The van der Waals surface area contributed by atoms with E-state index in [0.717, 1.165) is 10.4 Å². The lowest BCUT2D eigenvalue weighted by Gasteiger charge is -2.03. The lowest BCUT2D eigenvalue weighted by Crippen LogP contribution is -1.99. The molecule has 0 amide bonds. The molecule has 0 aliphatic rings. The van der Waals surface area contributed by atoms with Crippen molar-refractivity contribution in [1.29, 1.82) is 0 Å². The van der Waals surface area contributed by atoms with Gasteiger partial charge in [0.1, 0.15) is 0 Å². The molecule has 2 aromatic rings. The zero-order valence-electron chi connectivity index (χ0n) is 8.98. The van der Waals surface area contributed by atoms with Crippen LogP contribution in [0.3, 0.4) is 0 Å². The summed E-state index contributed by atoms with van der Waals surface area (Å²) in [6.07, 6.45) is 1.49. The van der Waals surface area contributed by atoms with Crippen LogP contribution in [0.2, 0.25) is 0 Å². The largest absolute Gasteiger partial charge is 0.504 e. The molecule has 8 nitrogen and oxygen atoms in total. The first-order valence-electron chi connectivity index (χ1n) is 4.66. The van der Waals surface area contributed by atoms with Crippen LogP contribution in [0.1, 0.15) is 5.56 Å². The quantitative estimate of drug-likeness (QED) is 0.714. The van der Waals surface area contributed by atoms with Crippen LogP contribution in [-0.2, 0) is 0 Å². The Kier molecular flexibility index (Phi) is 2.86. The third-order valence-corrected chi connectivity index (χ3v) is 2.00. The Bertz CT molecular complexity index is 550. The average Bonchev–Trinajstić information content (AvgIpc) is 2.74. The van der Waals surface area contributed by atoms with Crippen molar-refractivity contribution in [3.63, 3.8) is 0 Å². The van der Waals surface area contributed by atoms with Crippen molar-refractivity contribution in [2.24, 2.45) is 5.10 Å². The number of hydrogen-bond donors (Lipinski definition) is 2. The van der Waals surface area contributed by atoms with Crippen molar-refractivity contribution >= 4 is 12.2 Å². The van der Waals surface area contributed by atoms with Gasteiger partial charge in [-0.05, 0) is 34.2 Å². The molecule has 0 saturated carbocycles. The third-order valence-electron chi connectivity index (χ3n) is 2.00. The summed E-state index contributed by atoms with van der Waals surface area (Å²) < 4.78 is 4.96. The van der Waals surface area contributed by atoms with E-state index < -0.39 is 0 Å². The second kappa shape index (κ2) is 4.47. The first kappa shape index (κ1) is 10.9.